The topological polar surface area (TPSA) is 44.8 Å². The van der Waals surface area contributed by atoms with Crippen LogP contribution < -0.4 is 14.2 Å². The van der Waals surface area contributed by atoms with Crippen LogP contribution in [-0.2, 0) is 4.79 Å². The number of hydrogen-bond acceptors (Lipinski definition) is 4. The van der Waals surface area contributed by atoms with E-state index in [9.17, 15) is 4.79 Å². The molecule has 0 N–H and O–H groups in total. The summed E-state index contributed by atoms with van der Waals surface area (Å²) in [6.07, 6.45) is 1.64. The Morgan fingerprint density at radius 3 is 2.57 bits per heavy atom. The van der Waals surface area contributed by atoms with Crippen LogP contribution in [0, 0.1) is 0 Å². The van der Waals surface area contributed by atoms with E-state index >= 15 is 0 Å². The first-order chi connectivity index (χ1) is 6.81. The average molecular weight is 195 g/mol. The Hall–Kier alpha value is -1.71. The molecule has 1 aromatic carbocycles. The molecule has 1 rings (SSSR count). The Labute approximate surface area is 82.4 Å². The number of benzene rings is 1. The normalized spacial score (nSPS) is 9.29. The third kappa shape index (κ3) is 2.39. The molecule has 0 heterocycles. The molecular weight excluding hydrogens is 184 g/mol. The van der Waals surface area contributed by atoms with E-state index in [1.165, 1.54) is 7.11 Å². The van der Waals surface area contributed by atoms with Crippen LogP contribution in [0.5, 0.6) is 17.2 Å². The highest BCUT2D eigenvalue weighted by Crippen LogP contribution is 2.30. The van der Waals surface area contributed by atoms with Crippen LogP contribution in [0.2, 0.25) is 0 Å². The highest BCUT2D eigenvalue weighted by Gasteiger charge is 2.05. The summed E-state index contributed by atoms with van der Waals surface area (Å²) in [5, 5.41) is 0. The van der Waals surface area contributed by atoms with E-state index in [0.29, 0.717) is 17.2 Å². The molecule has 0 saturated heterocycles. The van der Waals surface area contributed by atoms with E-state index < -0.39 is 0 Å². The molecule has 0 aromatic heterocycles. The number of hydrogen-bond donors (Lipinski definition) is 0. The first-order valence-corrected chi connectivity index (χ1v) is 4.01. The van der Waals surface area contributed by atoms with E-state index in [0.717, 1.165) is 0 Å². The first kappa shape index (κ1) is 10.4. The van der Waals surface area contributed by atoms with Gasteiger partial charge in [0.05, 0.1) is 14.2 Å². The van der Waals surface area contributed by atoms with Gasteiger partial charge in [0.15, 0.2) is 18.1 Å². The summed E-state index contributed by atoms with van der Waals surface area (Å²) >= 11 is 0. The lowest BCUT2D eigenvalue weighted by molar-refractivity contribution is 0.326. The van der Waals surface area contributed by atoms with Crippen molar-refractivity contribution in [1.82, 2.24) is 0 Å². The van der Waals surface area contributed by atoms with Crippen molar-refractivity contribution >= 4 is 6.29 Å². The van der Waals surface area contributed by atoms with Crippen molar-refractivity contribution in [1.29, 1.82) is 0 Å². The zero-order valence-electron chi connectivity index (χ0n) is 8.07. The molecule has 0 unspecified atom stereocenters. The van der Waals surface area contributed by atoms with Gasteiger partial charge in [-0.05, 0) is 12.1 Å². The van der Waals surface area contributed by atoms with E-state index in [-0.39, 0.29) is 6.61 Å². The number of carbonyl (C=O) groups excluding carboxylic acids is 1. The van der Waals surface area contributed by atoms with Crippen molar-refractivity contribution < 1.29 is 19.0 Å². The van der Waals surface area contributed by atoms with Crippen molar-refractivity contribution in [2.45, 2.75) is 0 Å². The van der Waals surface area contributed by atoms with Gasteiger partial charge in [-0.15, -0.1) is 0 Å². The second-order valence-electron chi connectivity index (χ2n) is 2.45. The summed E-state index contributed by atoms with van der Waals surface area (Å²) in [6, 6.07) is 5.08. The predicted molar refractivity (Wildman–Crippen MR) is 50.7 cm³/mol. The van der Waals surface area contributed by atoms with Crippen molar-refractivity contribution in [3.8, 4) is 17.2 Å². The SMILES string of the molecule is COc1ccc(OC[C]=O)c(OC)c1. The predicted octanol–water partition coefficient (Wildman–Crippen LogP) is 1.19. The zero-order chi connectivity index (χ0) is 10.4. The van der Waals surface area contributed by atoms with Crippen molar-refractivity contribution in [2.75, 3.05) is 20.8 Å². The second-order valence-corrected chi connectivity index (χ2v) is 2.45. The fourth-order valence-electron chi connectivity index (χ4n) is 1.00. The third-order valence-electron chi connectivity index (χ3n) is 1.66. The maximum Gasteiger partial charge on any atom is 0.239 e. The quantitative estimate of drug-likeness (QED) is 0.708. The van der Waals surface area contributed by atoms with Gasteiger partial charge in [-0.3, -0.25) is 4.79 Å². The van der Waals surface area contributed by atoms with Gasteiger partial charge in [0.1, 0.15) is 5.75 Å². The van der Waals surface area contributed by atoms with E-state index in [2.05, 4.69) is 0 Å². The standard InChI is InChI=1S/C10H11O4/c1-12-8-3-4-9(14-6-5-11)10(7-8)13-2/h3-4,7H,6H2,1-2H3. The van der Waals surface area contributed by atoms with Crippen LogP contribution in [0.15, 0.2) is 18.2 Å². The summed E-state index contributed by atoms with van der Waals surface area (Å²) in [6.45, 7) is -0.108. The lowest BCUT2D eigenvalue weighted by Crippen LogP contribution is -1.99. The second kappa shape index (κ2) is 5.11. The van der Waals surface area contributed by atoms with Crippen LogP contribution in [0.4, 0.5) is 0 Å². The van der Waals surface area contributed by atoms with Gasteiger partial charge < -0.3 is 14.2 Å². The molecule has 0 bridgehead atoms. The van der Waals surface area contributed by atoms with Crippen molar-refractivity contribution in [3.05, 3.63) is 18.2 Å². The Kier molecular flexibility index (Phi) is 3.79. The molecule has 0 aliphatic carbocycles. The molecular formula is C10H11O4. The minimum atomic E-state index is -0.108. The Bertz CT molecular complexity index is 309. The van der Waals surface area contributed by atoms with Crippen LogP contribution in [0.3, 0.4) is 0 Å². The monoisotopic (exact) mass is 195 g/mol. The van der Waals surface area contributed by atoms with Crippen molar-refractivity contribution in [2.24, 2.45) is 0 Å². The molecule has 4 heteroatoms. The summed E-state index contributed by atoms with van der Waals surface area (Å²) in [5.74, 6) is 1.69. The lowest BCUT2D eigenvalue weighted by Gasteiger charge is -2.09. The molecule has 4 nitrogen and oxygen atoms in total. The van der Waals surface area contributed by atoms with Crippen LogP contribution in [0.25, 0.3) is 0 Å². The molecule has 0 aliphatic rings. The molecule has 0 amide bonds. The fourth-order valence-corrected chi connectivity index (χ4v) is 1.00. The van der Waals surface area contributed by atoms with Crippen LogP contribution in [-0.4, -0.2) is 27.1 Å². The molecule has 0 fully saturated rings. The molecule has 0 saturated carbocycles. The molecule has 1 aromatic rings. The van der Waals surface area contributed by atoms with Crippen molar-refractivity contribution in [3.63, 3.8) is 0 Å². The van der Waals surface area contributed by atoms with Gasteiger partial charge in [0.25, 0.3) is 0 Å². The maximum absolute atomic E-state index is 9.99. The number of methoxy groups -OCH3 is 2. The maximum atomic E-state index is 9.99. The largest absolute Gasteiger partial charge is 0.497 e. The minimum absolute atomic E-state index is 0.108. The summed E-state index contributed by atoms with van der Waals surface area (Å²) in [7, 11) is 3.08. The average Bonchev–Trinajstić information content (AvgIpc) is 2.26. The van der Waals surface area contributed by atoms with Gasteiger partial charge in [0, 0.05) is 6.07 Å². The Morgan fingerprint density at radius 2 is 2.00 bits per heavy atom. The van der Waals surface area contributed by atoms with Gasteiger partial charge in [0.2, 0.25) is 6.29 Å². The molecule has 1 radical (unpaired) electrons. The third-order valence-corrected chi connectivity index (χ3v) is 1.66. The smallest absolute Gasteiger partial charge is 0.239 e. The highest BCUT2D eigenvalue weighted by atomic mass is 16.5. The van der Waals surface area contributed by atoms with Crippen LogP contribution >= 0.6 is 0 Å². The zero-order valence-corrected chi connectivity index (χ0v) is 8.07. The summed E-state index contributed by atoms with van der Waals surface area (Å²) in [5.41, 5.74) is 0. The molecule has 75 valence electrons. The van der Waals surface area contributed by atoms with Gasteiger partial charge in [-0.2, -0.15) is 0 Å². The van der Waals surface area contributed by atoms with Gasteiger partial charge in [-0.1, -0.05) is 0 Å². The van der Waals surface area contributed by atoms with E-state index in [4.69, 9.17) is 14.2 Å². The Morgan fingerprint density at radius 1 is 1.21 bits per heavy atom. The van der Waals surface area contributed by atoms with E-state index in [1.54, 1.807) is 31.6 Å². The molecule has 0 spiro atoms. The molecule has 14 heavy (non-hydrogen) atoms. The summed E-state index contributed by atoms with van der Waals surface area (Å²) < 4.78 is 15.1. The molecule has 0 atom stereocenters. The lowest BCUT2D eigenvalue weighted by atomic mass is 10.3. The minimum Gasteiger partial charge on any atom is -0.497 e. The number of ether oxygens (including phenoxy) is 3. The fraction of sp³-hybridized carbons (Fsp3) is 0.300. The Balaban J connectivity index is 2.87. The van der Waals surface area contributed by atoms with Crippen LogP contribution in [0.1, 0.15) is 0 Å². The molecule has 0 aliphatic heterocycles. The van der Waals surface area contributed by atoms with Gasteiger partial charge >= 0.3 is 0 Å². The summed E-state index contributed by atoms with van der Waals surface area (Å²) in [4.78, 5) is 9.99. The first-order valence-electron chi connectivity index (χ1n) is 4.01. The number of rotatable bonds is 5. The van der Waals surface area contributed by atoms with E-state index in [1.807, 2.05) is 0 Å². The highest BCUT2D eigenvalue weighted by molar-refractivity contribution is 5.53. The van der Waals surface area contributed by atoms with Gasteiger partial charge in [-0.25, -0.2) is 0 Å².